The fourth-order valence-corrected chi connectivity index (χ4v) is 2.41. The molecule has 0 aliphatic carbocycles. The Hall–Kier alpha value is -2.08. The Morgan fingerprint density at radius 2 is 2.00 bits per heavy atom. The van der Waals surface area contributed by atoms with Crippen molar-refractivity contribution >= 4 is 17.5 Å². The van der Waals surface area contributed by atoms with E-state index in [-0.39, 0.29) is 6.61 Å². The van der Waals surface area contributed by atoms with E-state index in [1.54, 1.807) is 14.0 Å². The minimum absolute atomic E-state index is 0.271. The highest BCUT2D eigenvalue weighted by atomic mass is 32.1. The molecule has 2 rings (SSSR count). The molecule has 106 valence electrons. The van der Waals surface area contributed by atoms with Gasteiger partial charge in [0.25, 0.3) is 0 Å². The molecule has 5 nitrogen and oxygen atoms in total. The molecule has 0 bridgehead atoms. The molecule has 1 aromatic carbocycles. The number of thiazole rings is 1. The van der Waals surface area contributed by atoms with Gasteiger partial charge in [-0.05, 0) is 38.1 Å². The second kappa shape index (κ2) is 6.38. The molecule has 1 heterocycles. The first-order valence-electron chi connectivity index (χ1n) is 6.10. The summed E-state index contributed by atoms with van der Waals surface area (Å²) in [5, 5.41) is 0.782. The zero-order valence-electron chi connectivity index (χ0n) is 11.5. The Morgan fingerprint density at radius 1 is 1.30 bits per heavy atom. The van der Waals surface area contributed by atoms with Crippen LogP contribution >= 0.6 is 11.3 Å². The van der Waals surface area contributed by atoms with Crippen molar-refractivity contribution in [1.29, 1.82) is 0 Å². The summed E-state index contributed by atoms with van der Waals surface area (Å²) in [6.07, 6.45) is -0.734. The molecule has 0 aliphatic heterocycles. The number of aryl methyl sites for hydroxylation is 1. The number of hydrogen-bond donors (Lipinski definition) is 0. The smallest absolute Gasteiger partial charge is 0.497 e. The van der Waals surface area contributed by atoms with E-state index in [1.807, 2.05) is 31.2 Å². The van der Waals surface area contributed by atoms with Gasteiger partial charge in [0.05, 0.1) is 18.6 Å². The average Bonchev–Trinajstić information content (AvgIpc) is 2.80. The number of ether oxygens (including phenoxy) is 3. The summed E-state index contributed by atoms with van der Waals surface area (Å²) >= 11 is 1.46. The first-order valence-corrected chi connectivity index (χ1v) is 6.92. The first-order chi connectivity index (χ1) is 9.63. The van der Waals surface area contributed by atoms with Gasteiger partial charge in [0.15, 0.2) is 0 Å². The highest BCUT2D eigenvalue weighted by Gasteiger charge is 2.14. The SMILES string of the molecule is CCOC(=O)Oc1nc(-c2ccc(OC)cc2)sc1C. The molecule has 0 saturated carbocycles. The van der Waals surface area contributed by atoms with Gasteiger partial charge in [0.1, 0.15) is 10.8 Å². The lowest BCUT2D eigenvalue weighted by Gasteiger charge is -2.01. The van der Waals surface area contributed by atoms with Crippen LogP contribution in [0.4, 0.5) is 4.79 Å². The molecule has 2 aromatic rings. The lowest BCUT2D eigenvalue weighted by molar-refractivity contribution is 0.103. The van der Waals surface area contributed by atoms with Crippen molar-refractivity contribution in [2.75, 3.05) is 13.7 Å². The van der Waals surface area contributed by atoms with E-state index in [2.05, 4.69) is 4.98 Å². The van der Waals surface area contributed by atoms with Crippen LogP contribution in [0.2, 0.25) is 0 Å². The number of aromatic nitrogens is 1. The Morgan fingerprint density at radius 3 is 2.60 bits per heavy atom. The molecule has 20 heavy (non-hydrogen) atoms. The molecule has 0 saturated heterocycles. The fourth-order valence-electron chi connectivity index (χ4n) is 1.56. The van der Waals surface area contributed by atoms with Crippen LogP contribution in [0.15, 0.2) is 24.3 Å². The Kier molecular flexibility index (Phi) is 4.57. The van der Waals surface area contributed by atoms with E-state index in [1.165, 1.54) is 11.3 Å². The van der Waals surface area contributed by atoms with Gasteiger partial charge in [-0.1, -0.05) is 0 Å². The van der Waals surface area contributed by atoms with Crippen molar-refractivity contribution in [3.63, 3.8) is 0 Å². The van der Waals surface area contributed by atoms with Crippen LogP contribution in [-0.4, -0.2) is 24.9 Å². The highest BCUT2D eigenvalue weighted by molar-refractivity contribution is 7.15. The average molecular weight is 293 g/mol. The molecule has 0 atom stereocenters. The molecule has 0 fully saturated rings. The molecule has 0 spiro atoms. The number of carbonyl (C=O) groups excluding carboxylic acids is 1. The molecule has 0 aliphatic rings. The second-order valence-corrected chi connectivity index (χ2v) is 5.10. The third-order valence-electron chi connectivity index (χ3n) is 2.53. The number of rotatable bonds is 4. The van der Waals surface area contributed by atoms with Gasteiger partial charge in [0, 0.05) is 5.56 Å². The van der Waals surface area contributed by atoms with E-state index in [4.69, 9.17) is 14.2 Å². The monoisotopic (exact) mass is 293 g/mol. The van der Waals surface area contributed by atoms with Gasteiger partial charge in [-0.15, -0.1) is 11.3 Å². The van der Waals surface area contributed by atoms with Crippen LogP contribution in [0.3, 0.4) is 0 Å². The highest BCUT2D eigenvalue weighted by Crippen LogP contribution is 2.32. The van der Waals surface area contributed by atoms with Gasteiger partial charge in [0.2, 0.25) is 5.88 Å². The number of hydrogen-bond acceptors (Lipinski definition) is 6. The van der Waals surface area contributed by atoms with Crippen LogP contribution in [0.5, 0.6) is 11.6 Å². The van der Waals surface area contributed by atoms with Gasteiger partial charge >= 0.3 is 6.16 Å². The second-order valence-electron chi connectivity index (χ2n) is 3.89. The molecule has 0 N–H and O–H groups in total. The maximum Gasteiger partial charge on any atom is 0.515 e. The summed E-state index contributed by atoms with van der Waals surface area (Å²) < 4.78 is 14.9. The van der Waals surface area contributed by atoms with E-state index in [0.717, 1.165) is 21.2 Å². The Balaban J connectivity index is 2.19. The Labute approximate surface area is 121 Å². The van der Waals surface area contributed by atoms with Crippen molar-refractivity contribution in [2.45, 2.75) is 13.8 Å². The summed E-state index contributed by atoms with van der Waals surface area (Å²) in [5.74, 6) is 1.07. The van der Waals surface area contributed by atoms with E-state index in [0.29, 0.717) is 5.88 Å². The summed E-state index contributed by atoms with van der Waals surface area (Å²) in [6, 6.07) is 7.53. The molecular formula is C14H15NO4S. The van der Waals surface area contributed by atoms with Gasteiger partial charge in [-0.2, -0.15) is 0 Å². The summed E-state index contributed by atoms with van der Waals surface area (Å²) in [6.45, 7) is 3.84. The number of methoxy groups -OCH3 is 1. The summed E-state index contributed by atoms with van der Waals surface area (Å²) in [4.78, 5) is 16.4. The zero-order chi connectivity index (χ0) is 14.5. The first kappa shape index (κ1) is 14.3. The third kappa shape index (κ3) is 3.27. The maximum atomic E-state index is 11.3. The molecule has 0 amide bonds. The topological polar surface area (TPSA) is 57.7 Å². The standard InChI is InChI=1S/C14H15NO4S/c1-4-18-14(16)19-12-9(2)20-13(15-12)10-5-7-11(17-3)8-6-10/h5-8H,4H2,1-3H3. The van der Waals surface area contributed by atoms with Crippen LogP contribution in [0, 0.1) is 6.92 Å². The number of carbonyl (C=O) groups is 1. The van der Waals surface area contributed by atoms with Crippen LogP contribution in [-0.2, 0) is 4.74 Å². The van der Waals surface area contributed by atoms with Crippen molar-refractivity contribution in [2.24, 2.45) is 0 Å². The number of benzene rings is 1. The van der Waals surface area contributed by atoms with E-state index < -0.39 is 6.16 Å². The van der Waals surface area contributed by atoms with Crippen molar-refractivity contribution < 1.29 is 19.0 Å². The fraction of sp³-hybridized carbons (Fsp3) is 0.286. The molecular weight excluding hydrogens is 278 g/mol. The quantitative estimate of drug-likeness (QED) is 0.805. The van der Waals surface area contributed by atoms with Crippen molar-refractivity contribution in [3.05, 3.63) is 29.1 Å². The minimum Gasteiger partial charge on any atom is -0.497 e. The lowest BCUT2D eigenvalue weighted by atomic mass is 10.2. The van der Waals surface area contributed by atoms with Crippen molar-refractivity contribution in [3.8, 4) is 22.2 Å². The van der Waals surface area contributed by atoms with E-state index >= 15 is 0 Å². The van der Waals surface area contributed by atoms with Gasteiger partial charge in [-0.3, -0.25) is 0 Å². The van der Waals surface area contributed by atoms with E-state index in [9.17, 15) is 4.79 Å². The molecule has 6 heteroatoms. The van der Waals surface area contributed by atoms with Gasteiger partial charge in [-0.25, -0.2) is 9.78 Å². The van der Waals surface area contributed by atoms with Crippen LogP contribution in [0.25, 0.3) is 10.6 Å². The van der Waals surface area contributed by atoms with Crippen molar-refractivity contribution in [1.82, 2.24) is 4.98 Å². The minimum atomic E-state index is -0.734. The molecule has 0 radical (unpaired) electrons. The normalized spacial score (nSPS) is 10.2. The zero-order valence-corrected chi connectivity index (χ0v) is 12.3. The molecule has 1 aromatic heterocycles. The maximum absolute atomic E-state index is 11.3. The van der Waals surface area contributed by atoms with Gasteiger partial charge < -0.3 is 14.2 Å². The number of nitrogens with zero attached hydrogens (tertiary/aromatic N) is 1. The predicted molar refractivity (Wildman–Crippen MR) is 76.5 cm³/mol. The largest absolute Gasteiger partial charge is 0.515 e. The Bertz CT molecular complexity index is 592. The van der Waals surface area contributed by atoms with Crippen LogP contribution < -0.4 is 9.47 Å². The lowest BCUT2D eigenvalue weighted by Crippen LogP contribution is -2.10. The van der Waals surface area contributed by atoms with Crippen LogP contribution in [0.1, 0.15) is 11.8 Å². The third-order valence-corrected chi connectivity index (χ3v) is 3.53. The summed E-state index contributed by atoms with van der Waals surface area (Å²) in [7, 11) is 1.62. The molecule has 0 unspecified atom stereocenters. The summed E-state index contributed by atoms with van der Waals surface area (Å²) in [5.41, 5.74) is 0.942. The predicted octanol–water partition coefficient (Wildman–Crippen LogP) is 3.66.